The second-order valence-electron chi connectivity index (χ2n) is 3.36. The largest absolute Gasteiger partial charge is 0.493 e. The summed E-state index contributed by atoms with van der Waals surface area (Å²) < 4.78 is 30.3. The van der Waals surface area contributed by atoms with Gasteiger partial charge >= 0.3 is 0 Å². The normalized spacial score (nSPS) is 12.5. The fourth-order valence-corrected chi connectivity index (χ4v) is 1.21. The Hall–Kier alpha value is -1.16. The van der Waals surface area contributed by atoms with Crippen molar-refractivity contribution in [2.75, 3.05) is 13.3 Å². The lowest BCUT2D eigenvalue weighted by Gasteiger charge is -2.09. The fourth-order valence-electron chi connectivity index (χ4n) is 1.21. The Balaban J connectivity index is 2.65. The third-order valence-electron chi connectivity index (χ3n) is 2.01. The fraction of sp³-hybridized carbons (Fsp3) is 0.455. The van der Waals surface area contributed by atoms with E-state index >= 15 is 0 Å². The van der Waals surface area contributed by atoms with E-state index in [1.165, 1.54) is 6.07 Å². The molecule has 0 heterocycles. The van der Waals surface area contributed by atoms with Crippen LogP contribution in [-0.2, 0) is 0 Å². The van der Waals surface area contributed by atoms with Gasteiger partial charge in [0, 0.05) is 24.1 Å². The standard InChI is InChI=1S/C11H15F2NO/c1-8(14)10-4-3-9(7-11(10)13)15-6-2-5-12/h3-4,7-8H,2,5-6,14H2,1H3. The van der Waals surface area contributed by atoms with Crippen LogP contribution in [-0.4, -0.2) is 13.3 Å². The van der Waals surface area contributed by atoms with E-state index in [0.29, 0.717) is 17.7 Å². The molecule has 2 nitrogen and oxygen atoms in total. The third kappa shape index (κ3) is 3.47. The van der Waals surface area contributed by atoms with Crippen LogP contribution in [0.3, 0.4) is 0 Å². The van der Waals surface area contributed by atoms with Gasteiger partial charge in [-0.05, 0) is 13.0 Å². The first kappa shape index (κ1) is 11.9. The van der Waals surface area contributed by atoms with E-state index in [2.05, 4.69) is 0 Å². The Kier molecular flexibility index (Phi) is 4.49. The monoisotopic (exact) mass is 215 g/mol. The van der Waals surface area contributed by atoms with Gasteiger partial charge in [0.25, 0.3) is 0 Å². The van der Waals surface area contributed by atoms with Crippen LogP contribution in [0.25, 0.3) is 0 Å². The van der Waals surface area contributed by atoms with Gasteiger partial charge in [0.15, 0.2) is 0 Å². The summed E-state index contributed by atoms with van der Waals surface area (Å²) in [6.45, 7) is 1.54. The molecule has 0 aliphatic heterocycles. The lowest BCUT2D eigenvalue weighted by molar-refractivity contribution is 0.288. The van der Waals surface area contributed by atoms with Crippen LogP contribution in [0.4, 0.5) is 8.78 Å². The Morgan fingerprint density at radius 1 is 1.47 bits per heavy atom. The molecule has 84 valence electrons. The minimum absolute atomic E-state index is 0.257. The summed E-state index contributed by atoms with van der Waals surface area (Å²) in [5, 5.41) is 0. The van der Waals surface area contributed by atoms with Crippen molar-refractivity contribution < 1.29 is 13.5 Å². The van der Waals surface area contributed by atoms with E-state index in [1.54, 1.807) is 19.1 Å². The van der Waals surface area contributed by atoms with Crippen LogP contribution in [0.2, 0.25) is 0 Å². The van der Waals surface area contributed by atoms with Crippen molar-refractivity contribution >= 4 is 0 Å². The molecule has 0 aromatic heterocycles. The molecular weight excluding hydrogens is 200 g/mol. The molecule has 1 unspecified atom stereocenters. The van der Waals surface area contributed by atoms with Crippen LogP contribution in [0, 0.1) is 5.82 Å². The SMILES string of the molecule is CC(N)c1ccc(OCCCF)cc1F. The van der Waals surface area contributed by atoms with E-state index < -0.39 is 6.67 Å². The summed E-state index contributed by atoms with van der Waals surface area (Å²) in [7, 11) is 0. The molecule has 0 radical (unpaired) electrons. The van der Waals surface area contributed by atoms with Gasteiger partial charge in [0.1, 0.15) is 11.6 Å². The second kappa shape index (κ2) is 5.66. The number of benzene rings is 1. The van der Waals surface area contributed by atoms with Crippen LogP contribution in [0.15, 0.2) is 18.2 Å². The molecule has 0 amide bonds. The Morgan fingerprint density at radius 2 is 2.20 bits per heavy atom. The first-order valence-corrected chi connectivity index (χ1v) is 4.89. The van der Waals surface area contributed by atoms with Gasteiger partial charge in [0.05, 0.1) is 13.3 Å². The minimum Gasteiger partial charge on any atom is -0.493 e. The molecule has 1 rings (SSSR count). The molecular formula is C11H15F2NO. The summed E-state index contributed by atoms with van der Waals surface area (Å²) in [6, 6.07) is 4.16. The molecule has 15 heavy (non-hydrogen) atoms. The van der Waals surface area contributed by atoms with Gasteiger partial charge in [-0.1, -0.05) is 6.07 Å². The highest BCUT2D eigenvalue weighted by Gasteiger charge is 2.07. The zero-order chi connectivity index (χ0) is 11.3. The average Bonchev–Trinajstić information content (AvgIpc) is 2.17. The summed E-state index contributed by atoms with van der Waals surface area (Å²) in [5.74, 6) is 0.0214. The van der Waals surface area contributed by atoms with E-state index in [1.807, 2.05) is 0 Å². The second-order valence-corrected chi connectivity index (χ2v) is 3.36. The molecule has 1 aromatic rings. The molecule has 0 saturated carbocycles. The Morgan fingerprint density at radius 3 is 2.73 bits per heavy atom. The van der Waals surface area contributed by atoms with Crippen LogP contribution in [0.1, 0.15) is 24.9 Å². The van der Waals surface area contributed by atoms with Crippen LogP contribution < -0.4 is 10.5 Å². The number of alkyl halides is 1. The van der Waals surface area contributed by atoms with Gasteiger partial charge < -0.3 is 10.5 Å². The van der Waals surface area contributed by atoms with Crippen molar-refractivity contribution in [1.82, 2.24) is 0 Å². The maximum atomic E-state index is 13.4. The quantitative estimate of drug-likeness (QED) is 0.766. The molecule has 0 aliphatic rings. The van der Waals surface area contributed by atoms with Gasteiger partial charge in [-0.3, -0.25) is 4.39 Å². The molecule has 2 N–H and O–H groups in total. The Bertz CT molecular complexity index is 315. The molecule has 1 aromatic carbocycles. The van der Waals surface area contributed by atoms with E-state index in [0.717, 1.165) is 0 Å². The van der Waals surface area contributed by atoms with E-state index in [9.17, 15) is 8.78 Å². The molecule has 0 fully saturated rings. The first-order chi connectivity index (χ1) is 7.15. The van der Waals surface area contributed by atoms with Crippen molar-refractivity contribution in [3.63, 3.8) is 0 Å². The van der Waals surface area contributed by atoms with Crippen molar-refractivity contribution in [3.05, 3.63) is 29.6 Å². The number of rotatable bonds is 5. The zero-order valence-electron chi connectivity index (χ0n) is 8.67. The van der Waals surface area contributed by atoms with Crippen LogP contribution >= 0.6 is 0 Å². The summed E-state index contributed by atoms with van der Waals surface area (Å²) in [5.41, 5.74) is 6.01. The maximum Gasteiger partial charge on any atom is 0.131 e. The number of ether oxygens (including phenoxy) is 1. The predicted molar refractivity (Wildman–Crippen MR) is 55.1 cm³/mol. The summed E-state index contributed by atoms with van der Waals surface area (Å²) >= 11 is 0. The van der Waals surface area contributed by atoms with Gasteiger partial charge in [-0.15, -0.1) is 0 Å². The molecule has 1 atom stereocenters. The van der Waals surface area contributed by atoms with Gasteiger partial charge in [0.2, 0.25) is 0 Å². The smallest absolute Gasteiger partial charge is 0.131 e. The van der Waals surface area contributed by atoms with Crippen molar-refractivity contribution in [2.24, 2.45) is 5.73 Å². The third-order valence-corrected chi connectivity index (χ3v) is 2.01. The van der Waals surface area contributed by atoms with Gasteiger partial charge in [-0.25, -0.2) is 4.39 Å². The lowest BCUT2D eigenvalue weighted by Crippen LogP contribution is -2.07. The number of nitrogens with two attached hydrogens (primary N) is 1. The van der Waals surface area contributed by atoms with E-state index in [4.69, 9.17) is 10.5 Å². The number of hydrogen-bond acceptors (Lipinski definition) is 2. The highest BCUT2D eigenvalue weighted by molar-refractivity contribution is 5.30. The molecule has 0 aliphatic carbocycles. The molecule has 4 heteroatoms. The van der Waals surface area contributed by atoms with Crippen LogP contribution in [0.5, 0.6) is 5.75 Å². The Labute approximate surface area is 88.0 Å². The molecule has 0 bridgehead atoms. The maximum absolute atomic E-state index is 13.4. The number of hydrogen-bond donors (Lipinski definition) is 1. The zero-order valence-corrected chi connectivity index (χ0v) is 8.67. The minimum atomic E-state index is -0.430. The van der Waals surface area contributed by atoms with Crippen molar-refractivity contribution in [3.8, 4) is 5.75 Å². The molecule has 0 spiro atoms. The van der Waals surface area contributed by atoms with Crippen molar-refractivity contribution in [1.29, 1.82) is 0 Å². The lowest BCUT2D eigenvalue weighted by atomic mass is 10.1. The summed E-state index contributed by atoms with van der Waals surface area (Å²) in [6.07, 6.45) is 0.316. The summed E-state index contributed by atoms with van der Waals surface area (Å²) in [4.78, 5) is 0. The topological polar surface area (TPSA) is 35.2 Å². The predicted octanol–water partition coefficient (Wildman–Crippen LogP) is 2.58. The highest BCUT2D eigenvalue weighted by atomic mass is 19.1. The average molecular weight is 215 g/mol. The highest BCUT2D eigenvalue weighted by Crippen LogP contribution is 2.20. The van der Waals surface area contributed by atoms with E-state index in [-0.39, 0.29) is 18.5 Å². The molecule has 0 saturated heterocycles. The van der Waals surface area contributed by atoms with Gasteiger partial charge in [-0.2, -0.15) is 0 Å². The first-order valence-electron chi connectivity index (χ1n) is 4.89. The number of halogens is 2. The van der Waals surface area contributed by atoms with Crippen molar-refractivity contribution in [2.45, 2.75) is 19.4 Å².